The summed E-state index contributed by atoms with van der Waals surface area (Å²) in [7, 11) is 1.86. The monoisotopic (exact) mass is 634 g/mol. The summed E-state index contributed by atoms with van der Waals surface area (Å²) in [6, 6.07) is 10.8. The Morgan fingerprint density at radius 1 is 1.07 bits per heavy atom. The first-order valence-corrected chi connectivity index (χ1v) is 15.0. The Morgan fingerprint density at radius 2 is 1.85 bits per heavy atom. The second-order valence-electron chi connectivity index (χ2n) is 12.7. The molecule has 6 rings (SSSR count). The molecule has 2 N–H and O–H groups in total. The normalized spacial score (nSPS) is 16.0. The van der Waals surface area contributed by atoms with Crippen LogP contribution in [0.3, 0.4) is 0 Å². The predicted molar refractivity (Wildman–Crippen MR) is 166 cm³/mol. The molecule has 3 aromatic carbocycles. The number of nitrogens with one attached hydrogen (secondary N) is 2. The zero-order valence-electron chi connectivity index (χ0n) is 26.1. The molecule has 0 bridgehead atoms. The number of hydrogen-bond acceptors (Lipinski definition) is 5. The topological polar surface area (TPSA) is 83.2 Å². The SMILES string of the molecule is CC(Cc1cccc(C2c3nc(-c4cc(Oc5c(F)cc6[nH]ccc6c5F)ccc4F)[nH]c3CCN2C)c1F)C(=O)OC(C)(C)C. The maximum Gasteiger partial charge on any atom is 0.309 e. The van der Waals surface area contributed by atoms with E-state index >= 15 is 13.2 Å². The third-order valence-electron chi connectivity index (χ3n) is 8.08. The molecule has 11 heteroatoms. The van der Waals surface area contributed by atoms with Crippen LogP contribution in [0.4, 0.5) is 17.6 Å². The van der Waals surface area contributed by atoms with E-state index in [1.54, 1.807) is 45.9 Å². The van der Waals surface area contributed by atoms with Crippen molar-refractivity contribution in [2.45, 2.75) is 52.2 Å². The van der Waals surface area contributed by atoms with E-state index in [0.717, 1.165) is 12.1 Å². The molecule has 3 heterocycles. The van der Waals surface area contributed by atoms with Crippen molar-refractivity contribution in [2.24, 2.45) is 5.92 Å². The van der Waals surface area contributed by atoms with E-state index in [-0.39, 0.29) is 34.5 Å². The van der Waals surface area contributed by atoms with Gasteiger partial charge in [-0.2, -0.15) is 0 Å². The lowest BCUT2D eigenvalue weighted by molar-refractivity contribution is -0.159. The lowest BCUT2D eigenvalue weighted by Gasteiger charge is -2.32. The number of H-pyrrole nitrogens is 2. The molecule has 1 aliphatic rings. The van der Waals surface area contributed by atoms with Gasteiger partial charge in [-0.15, -0.1) is 0 Å². The van der Waals surface area contributed by atoms with Gasteiger partial charge in [0.05, 0.1) is 28.7 Å². The van der Waals surface area contributed by atoms with Crippen LogP contribution in [0.5, 0.6) is 11.5 Å². The van der Waals surface area contributed by atoms with Crippen LogP contribution >= 0.6 is 0 Å². The summed E-state index contributed by atoms with van der Waals surface area (Å²) in [6.07, 6.45) is 2.19. The smallest absolute Gasteiger partial charge is 0.309 e. The Hall–Kier alpha value is -4.64. The van der Waals surface area contributed by atoms with E-state index in [2.05, 4.69) is 9.97 Å². The Kier molecular flexibility index (Phi) is 8.14. The summed E-state index contributed by atoms with van der Waals surface area (Å²) in [4.78, 5) is 25.2. The highest BCUT2D eigenvalue weighted by molar-refractivity contribution is 5.82. The molecular formula is C35H34F4N4O3. The number of benzene rings is 3. The average Bonchev–Trinajstić information content (AvgIpc) is 3.64. The number of carbonyl (C=O) groups is 1. The summed E-state index contributed by atoms with van der Waals surface area (Å²) < 4.78 is 72.2. The molecule has 46 heavy (non-hydrogen) atoms. The number of ether oxygens (including phenoxy) is 2. The number of halogens is 4. The lowest BCUT2D eigenvalue weighted by Crippen LogP contribution is -2.33. The summed E-state index contributed by atoms with van der Waals surface area (Å²) in [5.74, 6) is -4.28. The van der Waals surface area contributed by atoms with Gasteiger partial charge in [-0.25, -0.2) is 22.5 Å². The molecule has 0 fully saturated rings. The highest BCUT2D eigenvalue weighted by atomic mass is 19.1. The average molecular weight is 635 g/mol. The molecule has 0 amide bonds. The highest BCUT2D eigenvalue weighted by Gasteiger charge is 2.33. The van der Waals surface area contributed by atoms with Gasteiger partial charge in [0.2, 0.25) is 0 Å². The van der Waals surface area contributed by atoms with Crippen molar-refractivity contribution in [3.05, 3.63) is 101 Å². The number of esters is 1. The van der Waals surface area contributed by atoms with Crippen LogP contribution in [0.1, 0.15) is 56.3 Å². The predicted octanol–water partition coefficient (Wildman–Crippen LogP) is 8.00. The second-order valence-corrected chi connectivity index (χ2v) is 12.7. The van der Waals surface area contributed by atoms with Gasteiger partial charge in [0.25, 0.3) is 0 Å². The first kappa shape index (κ1) is 31.3. The molecule has 0 saturated heterocycles. The van der Waals surface area contributed by atoms with E-state index < -0.39 is 52.5 Å². The minimum atomic E-state index is -0.914. The first-order chi connectivity index (χ1) is 21.8. The zero-order chi connectivity index (χ0) is 32.9. The molecule has 0 aliphatic carbocycles. The summed E-state index contributed by atoms with van der Waals surface area (Å²) >= 11 is 0. The Morgan fingerprint density at radius 3 is 2.61 bits per heavy atom. The van der Waals surface area contributed by atoms with Crippen molar-refractivity contribution in [2.75, 3.05) is 13.6 Å². The molecule has 0 radical (unpaired) electrons. The first-order valence-electron chi connectivity index (χ1n) is 15.0. The summed E-state index contributed by atoms with van der Waals surface area (Å²) in [6.45, 7) is 7.63. The third kappa shape index (κ3) is 5.99. The van der Waals surface area contributed by atoms with Gasteiger partial charge in [-0.05, 0) is 64.1 Å². The van der Waals surface area contributed by atoms with Crippen LogP contribution in [-0.4, -0.2) is 45.0 Å². The number of nitrogens with zero attached hydrogens (tertiary/aromatic N) is 2. The van der Waals surface area contributed by atoms with Crippen LogP contribution in [-0.2, 0) is 22.4 Å². The van der Waals surface area contributed by atoms with E-state index in [1.165, 1.54) is 24.4 Å². The van der Waals surface area contributed by atoms with Gasteiger partial charge in [0.1, 0.15) is 28.8 Å². The summed E-state index contributed by atoms with van der Waals surface area (Å²) in [5, 5.41) is 0.156. The molecule has 0 spiro atoms. The Bertz CT molecular complexity index is 1940. The molecule has 1 aliphatic heterocycles. The fourth-order valence-corrected chi connectivity index (χ4v) is 5.84. The molecule has 7 nitrogen and oxygen atoms in total. The number of imidazole rings is 1. The third-order valence-corrected chi connectivity index (χ3v) is 8.08. The minimum Gasteiger partial charge on any atom is -0.460 e. The second kappa shape index (κ2) is 11.9. The lowest BCUT2D eigenvalue weighted by atomic mass is 9.92. The van der Waals surface area contributed by atoms with Gasteiger partial charge in [0, 0.05) is 41.9 Å². The fraction of sp³-hybridized carbons (Fsp3) is 0.314. The van der Waals surface area contributed by atoms with E-state index in [0.29, 0.717) is 35.5 Å². The van der Waals surface area contributed by atoms with Crippen molar-refractivity contribution in [3.8, 4) is 22.9 Å². The van der Waals surface area contributed by atoms with Gasteiger partial charge in [-0.1, -0.05) is 25.1 Å². The molecule has 2 unspecified atom stereocenters. The van der Waals surface area contributed by atoms with Crippen molar-refractivity contribution < 1.29 is 31.8 Å². The van der Waals surface area contributed by atoms with E-state index in [1.807, 2.05) is 11.9 Å². The molecule has 2 aromatic heterocycles. The number of likely N-dealkylation sites (N-methyl/N-ethyl adjacent to an activating group) is 1. The maximum absolute atomic E-state index is 16.1. The Labute approximate surface area is 263 Å². The number of aromatic nitrogens is 3. The van der Waals surface area contributed by atoms with Crippen molar-refractivity contribution in [1.82, 2.24) is 19.9 Å². The van der Waals surface area contributed by atoms with Crippen LogP contribution < -0.4 is 4.74 Å². The zero-order valence-corrected chi connectivity index (χ0v) is 26.1. The van der Waals surface area contributed by atoms with E-state index in [4.69, 9.17) is 14.5 Å². The molecule has 5 aromatic rings. The Balaban J connectivity index is 1.31. The largest absolute Gasteiger partial charge is 0.460 e. The molecule has 0 saturated carbocycles. The van der Waals surface area contributed by atoms with E-state index in [9.17, 15) is 9.18 Å². The standard InChI is InChI=1S/C35H34F4N4O3/c1-18(34(44)46-35(2,3)4)15-19-7-6-8-22(28(19)38)31-30-26(12-14-43(31)5)41-33(42-30)23-16-20(9-10-24(23)36)45-32-25(37)17-27-21(29(32)39)11-13-40-27/h6-11,13,16-18,31,40H,12,14-15H2,1-5H3,(H,41,42). The number of hydrogen-bond donors (Lipinski definition) is 2. The van der Waals surface area contributed by atoms with Gasteiger partial charge < -0.3 is 19.4 Å². The molecule has 240 valence electrons. The van der Waals surface area contributed by atoms with Crippen molar-refractivity contribution in [3.63, 3.8) is 0 Å². The van der Waals surface area contributed by atoms with Gasteiger partial charge in [-0.3, -0.25) is 9.69 Å². The maximum atomic E-state index is 16.1. The van der Waals surface area contributed by atoms with Crippen LogP contribution in [0.25, 0.3) is 22.3 Å². The minimum absolute atomic E-state index is 0.00461. The fourth-order valence-electron chi connectivity index (χ4n) is 5.84. The van der Waals surface area contributed by atoms with Crippen LogP contribution in [0.2, 0.25) is 0 Å². The number of fused-ring (bicyclic) bond motifs is 2. The van der Waals surface area contributed by atoms with Gasteiger partial charge in [0.15, 0.2) is 17.4 Å². The summed E-state index contributed by atoms with van der Waals surface area (Å²) in [5.41, 5.74) is 1.64. The highest BCUT2D eigenvalue weighted by Crippen LogP contribution is 2.39. The number of rotatable bonds is 7. The molecular weight excluding hydrogens is 600 g/mol. The number of aromatic amines is 2. The van der Waals surface area contributed by atoms with Crippen molar-refractivity contribution >= 4 is 16.9 Å². The van der Waals surface area contributed by atoms with Crippen LogP contribution in [0, 0.1) is 29.2 Å². The quantitative estimate of drug-likeness (QED) is 0.140. The molecule has 2 atom stereocenters. The number of carbonyl (C=O) groups excluding carboxylic acids is 1. The van der Waals surface area contributed by atoms with Crippen molar-refractivity contribution in [1.29, 1.82) is 0 Å². The van der Waals surface area contributed by atoms with Gasteiger partial charge >= 0.3 is 5.97 Å². The van der Waals surface area contributed by atoms with Crippen LogP contribution in [0.15, 0.2) is 54.7 Å².